The number of non-ortho nitro benzene ring substituents is 1. The van der Waals surface area contributed by atoms with Crippen LogP contribution >= 0.6 is 0 Å². The van der Waals surface area contributed by atoms with E-state index in [4.69, 9.17) is 9.47 Å². The smallest absolute Gasteiger partial charge is 0.336 e. The van der Waals surface area contributed by atoms with Crippen molar-refractivity contribution in [2.45, 2.75) is 46.6 Å². The summed E-state index contributed by atoms with van der Waals surface area (Å²) in [7, 11) is 0. The lowest BCUT2D eigenvalue weighted by Gasteiger charge is -2.30. The van der Waals surface area contributed by atoms with E-state index in [-0.39, 0.29) is 34.9 Å². The molecule has 0 bridgehead atoms. The van der Waals surface area contributed by atoms with Crippen molar-refractivity contribution in [1.29, 1.82) is 0 Å². The number of hydrogen-bond acceptors (Lipinski definition) is 8. The number of aliphatic carboxylic acids is 1. The van der Waals surface area contributed by atoms with Gasteiger partial charge >= 0.3 is 17.9 Å². The molecule has 10 nitrogen and oxygen atoms in total. The highest BCUT2D eigenvalue weighted by Gasteiger charge is 2.38. The van der Waals surface area contributed by atoms with Crippen LogP contribution in [-0.4, -0.2) is 40.6 Å². The number of carbonyl (C=O) groups excluding carboxylic acids is 2. The maximum atomic E-state index is 13.1. The Labute approximate surface area is 185 Å². The summed E-state index contributed by atoms with van der Waals surface area (Å²) in [5.41, 5.74) is 0.598. The Morgan fingerprint density at radius 1 is 1.19 bits per heavy atom. The molecule has 2 rings (SSSR count). The van der Waals surface area contributed by atoms with Crippen LogP contribution in [0.4, 0.5) is 5.69 Å². The van der Waals surface area contributed by atoms with Crippen molar-refractivity contribution in [2.75, 3.05) is 6.61 Å². The molecular formula is C22H26N2O8. The van der Waals surface area contributed by atoms with Crippen LogP contribution in [0.1, 0.15) is 46.1 Å². The minimum atomic E-state index is -1.27. The number of nitrogens with one attached hydrogen (secondary N) is 1. The van der Waals surface area contributed by atoms with Gasteiger partial charge in [-0.15, -0.1) is 0 Å². The van der Waals surface area contributed by atoms with Crippen LogP contribution in [0, 0.1) is 16.0 Å². The fraction of sp³-hybridized carbons (Fsp3) is 0.409. The van der Waals surface area contributed by atoms with Crippen LogP contribution in [0.3, 0.4) is 0 Å². The maximum Gasteiger partial charge on any atom is 0.336 e. The molecule has 0 fully saturated rings. The van der Waals surface area contributed by atoms with E-state index in [0.29, 0.717) is 11.4 Å². The van der Waals surface area contributed by atoms with Gasteiger partial charge in [0.1, 0.15) is 12.7 Å². The largest absolute Gasteiger partial charge is 0.478 e. The Balaban J connectivity index is 2.48. The fourth-order valence-corrected chi connectivity index (χ4v) is 3.51. The lowest BCUT2D eigenvalue weighted by molar-refractivity contribution is -0.384. The molecule has 1 aliphatic heterocycles. The van der Waals surface area contributed by atoms with Crippen LogP contribution in [0.2, 0.25) is 0 Å². The molecule has 0 saturated carbocycles. The number of nitro groups is 1. The number of carbonyl (C=O) groups is 3. The van der Waals surface area contributed by atoms with Gasteiger partial charge in [-0.1, -0.05) is 26.0 Å². The number of nitro benzene ring substituents is 1. The van der Waals surface area contributed by atoms with Gasteiger partial charge in [-0.2, -0.15) is 0 Å². The topological polar surface area (TPSA) is 145 Å². The number of carboxylic acids is 1. The molecule has 0 saturated heterocycles. The first-order valence-electron chi connectivity index (χ1n) is 9.94. The van der Waals surface area contributed by atoms with E-state index in [9.17, 15) is 29.6 Å². The van der Waals surface area contributed by atoms with Crippen molar-refractivity contribution in [3.05, 3.63) is 62.5 Å². The van der Waals surface area contributed by atoms with Crippen LogP contribution in [-0.2, 0) is 23.9 Å². The molecule has 0 aliphatic carbocycles. The molecule has 0 spiro atoms. The second kappa shape index (κ2) is 10.1. The Morgan fingerprint density at radius 3 is 2.34 bits per heavy atom. The van der Waals surface area contributed by atoms with Crippen molar-refractivity contribution in [3.8, 4) is 0 Å². The minimum Gasteiger partial charge on any atom is -0.478 e. The predicted octanol–water partition coefficient (Wildman–Crippen LogP) is 3.05. The zero-order valence-electron chi connectivity index (χ0n) is 18.5. The summed E-state index contributed by atoms with van der Waals surface area (Å²) in [5, 5.41) is 24.0. The number of allylic oxidation sites excluding steroid dienone is 2. The molecule has 1 heterocycles. The van der Waals surface area contributed by atoms with Crippen molar-refractivity contribution in [2.24, 2.45) is 5.92 Å². The average molecular weight is 446 g/mol. The standard InChI is InChI=1S/C22H26N2O8/c1-11(2)17(32-14(5)25)10-31-22(28)19-13(4)23-12(3)18(21(26)27)20(19)15-7-6-8-16(9-15)24(29)30/h6-9,11,17,20,23H,10H2,1-5H3,(H,26,27). The van der Waals surface area contributed by atoms with Gasteiger partial charge in [-0.3, -0.25) is 14.9 Å². The van der Waals surface area contributed by atoms with E-state index in [1.165, 1.54) is 31.2 Å². The number of rotatable bonds is 8. The van der Waals surface area contributed by atoms with Crippen LogP contribution in [0.15, 0.2) is 46.8 Å². The van der Waals surface area contributed by atoms with E-state index >= 15 is 0 Å². The maximum absolute atomic E-state index is 13.1. The highest BCUT2D eigenvalue weighted by Crippen LogP contribution is 2.39. The first kappa shape index (κ1) is 24.6. The molecule has 1 aromatic carbocycles. The molecule has 2 unspecified atom stereocenters. The molecule has 2 atom stereocenters. The molecule has 1 aromatic rings. The Morgan fingerprint density at radius 2 is 1.81 bits per heavy atom. The Bertz CT molecular complexity index is 1010. The zero-order valence-corrected chi connectivity index (χ0v) is 18.5. The molecule has 10 heteroatoms. The second-order valence-corrected chi connectivity index (χ2v) is 7.78. The second-order valence-electron chi connectivity index (χ2n) is 7.78. The SMILES string of the molecule is CC(=O)OC(COC(=O)C1=C(C)NC(C)=C(C(=O)O)C1c1cccc([N+](=O)[O-])c1)C(C)C. The molecule has 0 amide bonds. The van der Waals surface area contributed by atoms with E-state index in [2.05, 4.69) is 5.32 Å². The highest BCUT2D eigenvalue weighted by molar-refractivity contribution is 5.99. The zero-order chi connectivity index (χ0) is 24.2. The van der Waals surface area contributed by atoms with Gasteiger partial charge < -0.3 is 19.9 Å². The summed E-state index contributed by atoms with van der Waals surface area (Å²) >= 11 is 0. The van der Waals surface area contributed by atoms with E-state index in [1.807, 2.05) is 0 Å². The molecule has 32 heavy (non-hydrogen) atoms. The third-order valence-corrected chi connectivity index (χ3v) is 5.06. The normalized spacial score (nSPS) is 17.0. The lowest BCUT2D eigenvalue weighted by Crippen LogP contribution is -2.34. The van der Waals surface area contributed by atoms with Crippen molar-refractivity contribution >= 4 is 23.6 Å². The summed E-state index contributed by atoms with van der Waals surface area (Å²) in [6.45, 7) is 7.77. The third kappa shape index (κ3) is 5.51. The summed E-state index contributed by atoms with van der Waals surface area (Å²) < 4.78 is 10.6. The third-order valence-electron chi connectivity index (χ3n) is 5.06. The van der Waals surface area contributed by atoms with Crippen LogP contribution in [0.25, 0.3) is 0 Å². The molecule has 172 valence electrons. The summed E-state index contributed by atoms with van der Waals surface area (Å²) in [6.07, 6.45) is -0.679. The van der Waals surface area contributed by atoms with E-state index < -0.39 is 34.9 Å². The van der Waals surface area contributed by atoms with Gasteiger partial charge in [-0.05, 0) is 25.3 Å². The quantitative estimate of drug-likeness (QED) is 0.349. The molecular weight excluding hydrogens is 420 g/mol. The van der Waals surface area contributed by atoms with Gasteiger partial charge in [0.25, 0.3) is 5.69 Å². The molecule has 0 radical (unpaired) electrons. The first-order valence-corrected chi connectivity index (χ1v) is 9.94. The van der Waals surface area contributed by atoms with Crippen LogP contribution in [0.5, 0.6) is 0 Å². The minimum absolute atomic E-state index is 0.0128. The number of benzene rings is 1. The summed E-state index contributed by atoms with van der Waals surface area (Å²) in [5.74, 6) is -3.82. The predicted molar refractivity (Wildman–Crippen MR) is 113 cm³/mol. The van der Waals surface area contributed by atoms with Crippen molar-refractivity contribution < 1.29 is 33.9 Å². The van der Waals surface area contributed by atoms with Gasteiger partial charge in [0.05, 0.1) is 22.0 Å². The Hall–Kier alpha value is -3.69. The number of hydrogen-bond donors (Lipinski definition) is 2. The number of nitrogens with zero attached hydrogens (tertiary/aromatic N) is 1. The Kier molecular flexibility index (Phi) is 7.74. The van der Waals surface area contributed by atoms with Gasteiger partial charge in [0, 0.05) is 30.5 Å². The summed E-state index contributed by atoms with van der Waals surface area (Å²) in [6, 6.07) is 5.47. The lowest BCUT2D eigenvalue weighted by atomic mass is 9.80. The highest BCUT2D eigenvalue weighted by atomic mass is 16.6. The number of esters is 2. The number of ether oxygens (including phenoxy) is 2. The molecule has 1 aliphatic rings. The van der Waals surface area contributed by atoms with Gasteiger partial charge in [-0.25, -0.2) is 9.59 Å². The summed E-state index contributed by atoms with van der Waals surface area (Å²) in [4.78, 5) is 47.1. The van der Waals surface area contributed by atoms with E-state index in [1.54, 1.807) is 27.7 Å². The van der Waals surface area contributed by atoms with Crippen molar-refractivity contribution in [3.63, 3.8) is 0 Å². The van der Waals surface area contributed by atoms with Crippen molar-refractivity contribution in [1.82, 2.24) is 5.32 Å². The number of carboxylic acid groups (broad SMARTS) is 1. The first-order chi connectivity index (χ1) is 14.9. The van der Waals surface area contributed by atoms with Crippen LogP contribution < -0.4 is 5.32 Å². The number of dihydropyridines is 1. The van der Waals surface area contributed by atoms with E-state index in [0.717, 1.165) is 0 Å². The fourth-order valence-electron chi connectivity index (χ4n) is 3.51. The van der Waals surface area contributed by atoms with Gasteiger partial charge in [0.2, 0.25) is 0 Å². The van der Waals surface area contributed by atoms with Gasteiger partial charge in [0.15, 0.2) is 0 Å². The monoisotopic (exact) mass is 446 g/mol. The molecule has 2 N–H and O–H groups in total. The average Bonchev–Trinajstić information content (AvgIpc) is 2.69. The molecule has 0 aromatic heterocycles.